The number of nitrogens with zero attached hydrogens (tertiary/aromatic N) is 1. The minimum Gasteiger partial charge on any atom is -0.497 e. The number of halogens is 3. The van der Waals surface area contributed by atoms with E-state index in [0.717, 1.165) is 5.56 Å². The third kappa shape index (κ3) is 6.45. The van der Waals surface area contributed by atoms with Crippen LogP contribution in [0.2, 0.25) is 0 Å². The normalized spacial score (nSPS) is 16.5. The van der Waals surface area contributed by atoms with Crippen molar-refractivity contribution in [1.82, 2.24) is 5.32 Å². The number of carbonyl (C=O) groups excluding carboxylic acids is 2. The largest absolute Gasteiger partial charge is 0.497 e. The van der Waals surface area contributed by atoms with Gasteiger partial charge in [-0.25, -0.2) is 0 Å². The summed E-state index contributed by atoms with van der Waals surface area (Å²) in [5.41, 5.74) is 2.08. The van der Waals surface area contributed by atoms with Crippen molar-refractivity contribution in [3.8, 4) is 5.75 Å². The van der Waals surface area contributed by atoms with Crippen molar-refractivity contribution in [2.45, 2.75) is 25.7 Å². The van der Waals surface area contributed by atoms with Crippen molar-refractivity contribution in [3.63, 3.8) is 0 Å². The molecule has 2 aromatic carbocycles. The summed E-state index contributed by atoms with van der Waals surface area (Å²) >= 11 is 0. The summed E-state index contributed by atoms with van der Waals surface area (Å²) in [6.07, 6.45) is -4.23. The molecule has 0 aliphatic carbocycles. The van der Waals surface area contributed by atoms with E-state index in [2.05, 4.69) is 10.1 Å². The maximum atomic E-state index is 12.5. The molecule has 1 heterocycles. The van der Waals surface area contributed by atoms with Gasteiger partial charge in [0.05, 0.1) is 19.6 Å². The van der Waals surface area contributed by atoms with Gasteiger partial charge in [0.15, 0.2) is 0 Å². The number of carbonyl (C=O) groups is 2. The Hall–Kier alpha value is -3.07. The summed E-state index contributed by atoms with van der Waals surface area (Å²) < 4.78 is 46.1. The Balaban J connectivity index is 1.49. The summed E-state index contributed by atoms with van der Waals surface area (Å²) in [7, 11) is 1.54. The first kappa shape index (κ1) is 22.6. The highest BCUT2D eigenvalue weighted by Gasteiger charge is 2.35. The van der Waals surface area contributed by atoms with Crippen LogP contribution in [0.1, 0.15) is 17.5 Å². The highest BCUT2D eigenvalue weighted by atomic mass is 19.4. The molecule has 166 valence electrons. The Morgan fingerprint density at radius 1 is 1.16 bits per heavy atom. The molecule has 3 rings (SSSR count). The minimum absolute atomic E-state index is 0.124. The van der Waals surface area contributed by atoms with Gasteiger partial charge >= 0.3 is 6.18 Å². The molecule has 0 bridgehead atoms. The van der Waals surface area contributed by atoms with Gasteiger partial charge in [0, 0.05) is 31.3 Å². The second-order valence-corrected chi connectivity index (χ2v) is 7.25. The van der Waals surface area contributed by atoms with Crippen molar-refractivity contribution >= 4 is 17.5 Å². The average molecular weight is 436 g/mol. The molecule has 31 heavy (non-hydrogen) atoms. The van der Waals surface area contributed by atoms with Crippen LogP contribution >= 0.6 is 0 Å². The molecule has 9 heteroatoms. The number of alkyl halides is 3. The molecule has 1 aliphatic heterocycles. The van der Waals surface area contributed by atoms with E-state index >= 15 is 0 Å². The van der Waals surface area contributed by atoms with Crippen molar-refractivity contribution < 1.29 is 32.2 Å². The first-order valence-electron chi connectivity index (χ1n) is 9.69. The molecular weight excluding hydrogens is 413 g/mol. The second-order valence-electron chi connectivity index (χ2n) is 7.25. The van der Waals surface area contributed by atoms with Gasteiger partial charge in [0.1, 0.15) is 12.4 Å². The average Bonchev–Trinajstić information content (AvgIpc) is 3.14. The van der Waals surface area contributed by atoms with E-state index in [1.165, 1.54) is 0 Å². The number of hydrogen-bond donors (Lipinski definition) is 1. The smallest absolute Gasteiger partial charge is 0.411 e. The zero-order valence-corrected chi connectivity index (χ0v) is 16.9. The number of amides is 2. The van der Waals surface area contributed by atoms with E-state index in [0.29, 0.717) is 17.0 Å². The van der Waals surface area contributed by atoms with E-state index in [9.17, 15) is 22.8 Å². The van der Waals surface area contributed by atoms with E-state index in [1.54, 1.807) is 60.5 Å². The first-order chi connectivity index (χ1) is 14.7. The standard InChI is InChI=1S/C22H23F3N2O4/c1-30-19-4-2-3-18(10-19)27-12-17(9-20(27)28)21(29)26-11-15-5-7-16(8-6-15)13-31-14-22(23,24)25/h2-8,10,17H,9,11-14H2,1H3,(H,26,29). The van der Waals surface area contributed by atoms with E-state index in [-0.39, 0.29) is 37.9 Å². The van der Waals surface area contributed by atoms with Crippen molar-refractivity contribution in [2.75, 3.05) is 25.2 Å². The van der Waals surface area contributed by atoms with Crippen LogP contribution in [0.25, 0.3) is 0 Å². The molecule has 1 aliphatic rings. The number of nitrogens with one attached hydrogen (secondary N) is 1. The van der Waals surface area contributed by atoms with Crippen LogP contribution in [0.3, 0.4) is 0 Å². The third-order valence-corrected chi connectivity index (χ3v) is 4.88. The fourth-order valence-corrected chi connectivity index (χ4v) is 3.28. The van der Waals surface area contributed by atoms with Crippen LogP contribution in [-0.4, -0.2) is 38.3 Å². The second kappa shape index (κ2) is 9.82. The van der Waals surface area contributed by atoms with Gasteiger partial charge in [-0.2, -0.15) is 13.2 Å². The van der Waals surface area contributed by atoms with Crippen LogP contribution in [0.5, 0.6) is 5.75 Å². The number of ether oxygens (including phenoxy) is 2. The zero-order valence-electron chi connectivity index (χ0n) is 16.9. The molecule has 1 saturated heterocycles. The minimum atomic E-state index is -4.35. The monoisotopic (exact) mass is 436 g/mol. The van der Waals surface area contributed by atoms with Gasteiger partial charge < -0.3 is 19.7 Å². The quantitative estimate of drug-likeness (QED) is 0.689. The lowest BCUT2D eigenvalue weighted by molar-refractivity contribution is -0.176. The third-order valence-electron chi connectivity index (χ3n) is 4.88. The highest BCUT2D eigenvalue weighted by molar-refractivity contribution is 6.00. The first-order valence-corrected chi connectivity index (χ1v) is 9.69. The molecule has 6 nitrogen and oxygen atoms in total. The number of hydrogen-bond acceptors (Lipinski definition) is 4. The van der Waals surface area contributed by atoms with Crippen LogP contribution in [-0.2, 0) is 27.5 Å². The van der Waals surface area contributed by atoms with Crippen LogP contribution < -0.4 is 15.0 Å². The molecular formula is C22H23F3N2O4. The molecule has 1 fully saturated rings. The maximum Gasteiger partial charge on any atom is 0.411 e. The van der Waals surface area contributed by atoms with Gasteiger partial charge in [-0.3, -0.25) is 9.59 Å². The lowest BCUT2D eigenvalue weighted by Crippen LogP contribution is -2.32. The number of anilines is 1. The van der Waals surface area contributed by atoms with E-state index < -0.39 is 18.7 Å². The molecule has 2 amide bonds. The summed E-state index contributed by atoms with van der Waals surface area (Å²) in [4.78, 5) is 26.5. The molecule has 0 aromatic heterocycles. The lowest BCUT2D eigenvalue weighted by atomic mass is 10.1. The van der Waals surface area contributed by atoms with Gasteiger partial charge in [-0.05, 0) is 23.3 Å². The molecule has 0 radical (unpaired) electrons. The summed E-state index contributed by atoms with van der Waals surface area (Å²) in [5, 5.41) is 2.82. The van der Waals surface area contributed by atoms with Gasteiger partial charge in [-0.15, -0.1) is 0 Å². The number of rotatable bonds is 8. The Kier molecular flexibility index (Phi) is 7.17. The summed E-state index contributed by atoms with van der Waals surface area (Å²) in [6, 6.07) is 13.8. The molecule has 1 N–H and O–H groups in total. The Morgan fingerprint density at radius 2 is 1.87 bits per heavy atom. The lowest BCUT2D eigenvalue weighted by Gasteiger charge is -2.17. The van der Waals surface area contributed by atoms with E-state index in [4.69, 9.17) is 4.74 Å². The zero-order chi connectivity index (χ0) is 22.4. The Labute approximate surface area is 177 Å². The predicted octanol–water partition coefficient (Wildman–Crippen LogP) is 3.44. The molecule has 0 spiro atoms. The van der Waals surface area contributed by atoms with Crippen LogP contribution in [0, 0.1) is 5.92 Å². The fraction of sp³-hybridized carbons (Fsp3) is 0.364. The molecule has 1 unspecified atom stereocenters. The van der Waals surface area contributed by atoms with Crippen molar-refractivity contribution in [3.05, 3.63) is 59.7 Å². The van der Waals surface area contributed by atoms with Gasteiger partial charge in [0.25, 0.3) is 0 Å². The Bertz CT molecular complexity index is 916. The summed E-state index contributed by atoms with van der Waals surface area (Å²) in [6.45, 7) is -0.895. The van der Waals surface area contributed by atoms with E-state index in [1.807, 2.05) is 0 Å². The van der Waals surface area contributed by atoms with Crippen molar-refractivity contribution in [2.24, 2.45) is 5.92 Å². The van der Waals surface area contributed by atoms with Crippen molar-refractivity contribution in [1.29, 1.82) is 0 Å². The topological polar surface area (TPSA) is 67.9 Å². The SMILES string of the molecule is COc1cccc(N2CC(C(=O)NCc3ccc(COCC(F)(F)F)cc3)CC2=O)c1. The fourth-order valence-electron chi connectivity index (χ4n) is 3.28. The molecule has 1 atom stereocenters. The van der Waals surface area contributed by atoms with Crippen LogP contribution in [0.4, 0.5) is 18.9 Å². The maximum absolute atomic E-state index is 12.5. The number of methoxy groups -OCH3 is 1. The highest BCUT2D eigenvalue weighted by Crippen LogP contribution is 2.28. The van der Waals surface area contributed by atoms with Gasteiger partial charge in [0.2, 0.25) is 11.8 Å². The Morgan fingerprint density at radius 3 is 2.55 bits per heavy atom. The number of benzene rings is 2. The molecule has 2 aromatic rings. The van der Waals surface area contributed by atoms with Gasteiger partial charge in [-0.1, -0.05) is 30.3 Å². The molecule has 0 saturated carbocycles. The predicted molar refractivity (Wildman–Crippen MR) is 107 cm³/mol. The van der Waals surface area contributed by atoms with Crippen LogP contribution in [0.15, 0.2) is 48.5 Å². The summed E-state index contributed by atoms with van der Waals surface area (Å²) in [5.74, 6) is -0.188.